The SMILES string of the molecule is Cc1nc(C)n(CC2CN(CC(O)c3ccccc3)CCO2)n1. The molecule has 2 aromatic rings. The highest BCUT2D eigenvalue weighted by molar-refractivity contribution is 5.17. The summed E-state index contributed by atoms with van der Waals surface area (Å²) in [6.45, 7) is 7.49. The second-order valence-electron chi connectivity index (χ2n) is 6.07. The molecule has 2 unspecified atom stereocenters. The van der Waals surface area contributed by atoms with Crippen molar-refractivity contribution >= 4 is 0 Å². The van der Waals surface area contributed by atoms with Gasteiger partial charge in [0.1, 0.15) is 11.6 Å². The molecule has 1 aromatic carbocycles. The van der Waals surface area contributed by atoms with Crippen molar-refractivity contribution in [3.8, 4) is 0 Å². The van der Waals surface area contributed by atoms with Gasteiger partial charge in [0.2, 0.25) is 0 Å². The summed E-state index contributed by atoms with van der Waals surface area (Å²) in [4.78, 5) is 6.58. The Morgan fingerprint density at radius 3 is 2.78 bits per heavy atom. The number of hydrogen-bond donors (Lipinski definition) is 1. The first-order valence-corrected chi connectivity index (χ1v) is 8.07. The first kappa shape index (κ1) is 16.1. The monoisotopic (exact) mass is 316 g/mol. The van der Waals surface area contributed by atoms with E-state index in [4.69, 9.17) is 4.74 Å². The second kappa shape index (κ2) is 7.21. The van der Waals surface area contributed by atoms with E-state index in [1.807, 2.05) is 48.9 Å². The minimum absolute atomic E-state index is 0.0755. The number of nitrogens with zero attached hydrogens (tertiary/aromatic N) is 4. The van der Waals surface area contributed by atoms with Gasteiger partial charge in [0.05, 0.1) is 25.4 Å². The summed E-state index contributed by atoms with van der Waals surface area (Å²) in [6, 6.07) is 9.80. The summed E-state index contributed by atoms with van der Waals surface area (Å²) in [7, 11) is 0. The molecule has 3 rings (SSSR count). The fraction of sp³-hybridized carbons (Fsp3) is 0.529. The zero-order valence-corrected chi connectivity index (χ0v) is 13.7. The number of β-amino-alcohol motifs (C(OH)–C–C–N with tert-alkyl or cyclic N) is 1. The van der Waals surface area contributed by atoms with Gasteiger partial charge in [-0.05, 0) is 19.4 Å². The third-order valence-electron chi connectivity index (χ3n) is 4.18. The van der Waals surface area contributed by atoms with Crippen LogP contribution in [0.1, 0.15) is 23.3 Å². The molecule has 1 aliphatic heterocycles. The Balaban J connectivity index is 1.57. The Labute approximate surface area is 136 Å². The van der Waals surface area contributed by atoms with Crippen LogP contribution in [0.5, 0.6) is 0 Å². The number of hydrogen-bond acceptors (Lipinski definition) is 5. The molecule has 23 heavy (non-hydrogen) atoms. The molecule has 6 nitrogen and oxygen atoms in total. The highest BCUT2D eigenvalue weighted by Crippen LogP contribution is 2.16. The minimum atomic E-state index is -0.467. The predicted molar refractivity (Wildman–Crippen MR) is 87.1 cm³/mol. The lowest BCUT2D eigenvalue weighted by Crippen LogP contribution is -2.45. The largest absolute Gasteiger partial charge is 0.387 e. The Hall–Kier alpha value is -1.76. The normalized spacial score (nSPS) is 20.6. The van der Waals surface area contributed by atoms with Crippen molar-refractivity contribution in [1.82, 2.24) is 19.7 Å². The highest BCUT2D eigenvalue weighted by Gasteiger charge is 2.24. The maximum atomic E-state index is 10.4. The Morgan fingerprint density at radius 2 is 2.09 bits per heavy atom. The maximum absolute atomic E-state index is 10.4. The molecule has 0 amide bonds. The van der Waals surface area contributed by atoms with Crippen molar-refractivity contribution in [2.75, 3.05) is 26.2 Å². The second-order valence-corrected chi connectivity index (χ2v) is 6.07. The van der Waals surface area contributed by atoms with Gasteiger partial charge < -0.3 is 9.84 Å². The number of rotatable bonds is 5. The van der Waals surface area contributed by atoms with Crippen LogP contribution >= 0.6 is 0 Å². The van der Waals surface area contributed by atoms with E-state index in [1.54, 1.807) is 0 Å². The molecule has 6 heteroatoms. The lowest BCUT2D eigenvalue weighted by atomic mass is 10.1. The summed E-state index contributed by atoms with van der Waals surface area (Å²) in [5.74, 6) is 1.70. The molecule has 0 saturated carbocycles. The molecule has 1 saturated heterocycles. The topological polar surface area (TPSA) is 63.4 Å². The van der Waals surface area contributed by atoms with Gasteiger partial charge in [-0.25, -0.2) is 9.67 Å². The van der Waals surface area contributed by atoms with Crippen LogP contribution in [0, 0.1) is 13.8 Å². The molecule has 1 fully saturated rings. The molecule has 124 valence electrons. The number of benzene rings is 1. The van der Waals surface area contributed by atoms with Crippen molar-refractivity contribution in [3.05, 3.63) is 47.5 Å². The Morgan fingerprint density at radius 1 is 1.30 bits per heavy atom. The van der Waals surface area contributed by atoms with Gasteiger partial charge in [-0.2, -0.15) is 5.10 Å². The van der Waals surface area contributed by atoms with Gasteiger partial charge in [-0.3, -0.25) is 4.90 Å². The van der Waals surface area contributed by atoms with E-state index in [0.717, 1.165) is 30.3 Å². The predicted octanol–water partition coefficient (Wildman–Crippen LogP) is 1.33. The van der Waals surface area contributed by atoms with Crippen molar-refractivity contribution in [1.29, 1.82) is 0 Å². The van der Waals surface area contributed by atoms with Crippen LogP contribution < -0.4 is 0 Å². The summed E-state index contributed by atoms with van der Waals surface area (Å²) < 4.78 is 7.75. The number of aryl methyl sites for hydroxylation is 2. The van der Waals surface area contributed by atoms with Crippen LogP contribution in [0.15, 0.2) is 30.3 Å². The Bertz CT molecular complexity index is 629. The lowest BCUT2D eigenvalue weighted by Gasteiger charge is -2.34. The van der Waals surface area contributed by atoms with Crippen LogP contribution in [-0.2, 0) is 11.3 Å². The first-order chi connectivity index (χ1) is 11.1. The van der Waals surface area contributed by atoms with Crippen LogP contribution in [0.2, 0.25) is 0 Å². The van der Waals surface area contributed by atoms with Gasteiger partial charge >= 0.3 is 0 Å². The molecule has 0 radical (unpaired) electrons. The Kier molecular flexibility index (Phi) is 5.05. The van der Waals surface area contributed by atoms with E-state index in [1.165, 1.54) is 0 Å². The standard InChI is InChI=1S/C17H24N4O2/c1-13-18-14(2)21(19-13)11-16-10-20(8-9-23-16)12-17(22)15-6-4-3-5-7-15/h3-7,16-17,22H,8-12H2,1-2H3. The molecule has 2 heterocycles. The molecular weight excluding hydrogens is 292 g/mol. The van der Waals surface area contributed by atoms with E-state index >= 15 is 0 Å². The van der Waals surface area contributed by atoms with E-state index in [2.05, 4.69) is 15.0 Å². The van der Waals surface area contributed by atoms with Crippen molar-refractivity contribution < 1.29 is 9.84 Å². The van der Waals surface area contributed by atoms with Gasteiger partial charge in [-0.1, -0.05) is 30.3 Å². The third-order valence-corrected chi connectivity index (χ3v) is 4.18. The van der Waals surface area contributed by atoms with Crippen LogP contribution in [-0.4, -0.2) is 57.1 Å². The number of ether oxygens (including phenoxy) is 1. The molecule has 0 bridgehead atoms. The highest BCUT2D eigenvalue weighted by atomic mass is 16.5. The van der Waals surface area contributed by atoms with Gasteiger partial charge in [0, 0.05) is 19.6 Å². The number of aliphatic hydroxyl groups is 1. The van der Waals surface area contributed by atoms with E-state index in [-0.39, 0.29) is 6.10 Å². The third kappa shape index (κ3) is 4.16. The fourth-order valence-electron chi connectivity index (χ4n) is 3.01. The summed E-state index contributed by atoms with van der Waals surface area (Å²) in [5, 5.41) is 14.8. The van der Waals surface area contributed by atoms with Gasteiger partial charge in [-0.15, -0.1) is 0 Å². The average molecular weight is 316 g/mol. The summed E-state index contributed by atoms with van der Waals surface area (Å²) in [5.41, 5.74) is 0.957. The molecule has 1 aromatic heterocycles. The summed E-state index contributed by atoms with van der Waals surface area (Å²) >= 11 is 0. The zero-order chi connectivity index (χ0) is 16.2. The zero-order valence-electron chi connectivity index (χ0n) is 13.7. The number of aromatic nitrogens is 3. The number of aliphatic hydroxyl groups excluding tert-OH is 1. The van der Waals surface area contributed by atoms with Crippen molar-refractivity contribution in [3.63, 3.8) is 0 Å². The fourth-order valence-corrected chi connectivity index (χ4v) is 3.01. The molecular formula is C17H24N4O2. The molecule has 0 spiro atoms. The molecule has 0 aliphatic carbocycles. The van der Waals surface area contributed by atoms with Gasteiger partial charge in [0.15, 0.2) is 0 Å². The van der Waals surface area contributed by atoms with Crippen LogP contribution in [0.3, 0.4) is 0 Å². The van der Waals surface area contributed by atoms with Gasteiger partial charge in [0.25, 0.3) is 0 Å². The molecule has 1 aliphatic rings. The van der Waals surface area contributed by atoms with E-state index < -0.39 is 6.10 Å². The first-order valence-electron chi connectivity index (χ1n) is 8.07. The van der Waals surface area contributed by atoms with Crippen molar-refractivity contribution in [2.45, 2.75) is 32.6 Å². The lowest BCUT2D eigenvalue weighted by molar-refractivity contribution is -0.0489. The van der Waals surface area contributed by atoms with E-state index in [9.17, 15) is 5.11 Å². The molecule has 1 N–H and O–H groups in total. The minimum Gasteiger partial charge on any atom is -0.387 e. The smallest absolute Gasteiger partial charge is 0.147 e. The molecule has 2 atom stereocenters. The van der Waals surface area contributed by atoms with E-state index in [0.29, 0.717) is 19.7 Å². The summed E-state index contributed by atoms with van der Waals surface area (Å²) in [6.07, 6.45) is -0.392. The van der Waals surface area contributed by atoms with Crippen LogP contribution in [0.25, 0.3) is 0 Å². The maximum Gasteiger partial charge on any atom is 0.147 e. The average Bonchev–Trinajstić information content (AvgIpc) is 2.86. The van der Waals surface area contributed by atoms with Crippen molar-refractivity contribution in [2.24, 2.45) is 0 Å². The quantitative estimate of drug-likeness (QED) is 0.901. The number of morpholine rings is 1. The van der Waals surface area contributed by atoms with Crippen LogP contribution in [0.4, 0.5) is 0 Å².